The van der Waals surface area contributed by atoms with Crippen molar-refractivity contribution in [2.75, 3.05) is 32.8 Å². The van der Waals surface area contributed by atoms with Gasteiger partial charge in [-0.1, -0.05) is 25.5 Å². The molecule has 0 spiro atoms. The number of amides is 1. The number of hydrogen-bond acceptors (Lipinski definition) is 5. The molecule has 0 unspecified atom stereocenters. The first kappa shape index (κ1) is 17.4. The number of carbonyl (C=O) groups excluding carboxylic acids is 1. The van der Waals surface area contributed by atoms with Crippen LogP contribution in [-0.2, 0) is 0 Å². The highest BCUT2D eigenvalue weighted by molar-refractivity contribution is 5.96. The van der Waals surface area contributed by atoms with E-state index < -0.39 is 0 Å². The Morgan fingerprint density at radius 2 is 2.10 bits per heavy atom. The van der Waals surface area contributed by atoms with Gasteiger partial charge in [-0.2, -0.15) is 0 Å². The number of para-hydroxylation sites is 1. The van der Waals surface area contributed by atoms with Crippen LogP contribution >= 0.6 is 0 Å². The monoisotopic (exact) mass is 295 g/mol. The van der Waals surface area contributed by atoms with Crippen LogP contribution in [-0.4, -0.2) is 48.8 Å². The number of ether oxygens (including phenoxy) is 1. The molecule has 1 aromatic carbocycles. The molecular formula is C15H25N3O3. The number of hydrazine groups is 1. The second-order valence-corrected chi connectivity index (χ2v) is 4.74. The van der Waals surface area contributed by atoms with Crippen LogP contribution in [0.5, 0.6) is 5.75 Å². The van der Waals surface area contributed by atoms with Crippen molar-refractivity contribution in [3.63, 3.8) is 0 Å². The van der Waals surface area contributed by atoms with Gasteiger partial charge >= 0.3 is 0 Å². The van der Waals surface area contributed by atoms with Crippen molar-refractivity contribution >= 4 is 5.91 Å². The second kappa shape index (κ2) is 10.1. The number of rotatable bonds is 10. The summed E-state index contributed by atoms with van der Waals surface area (Å²) in [5, 5.41) is 9.05. The van der Waals surface area contributed by atoms with Crippen LogP contribution in [0.25, 0.3) is 0 Å². The lowest BCUT2D eigenvalue weighted by Gasteiger charge is -2.21. The molecule has 6 nitrogen and oxygen atoms in total. The minimum atomic E-state index is -0.371. The number of aliphatic hydroxyl groups is 1. The highest BCUT2D eigenvalue weighted by atomic mass is 16.5. The van der Waals surface area contributed by atoms with E-state index in [0.29, 0.717) is 31.0 Å². The normalized spacial score (nSPS) is 10.7. The van der Waals surface area contributed by atoms with E-state index in [1.54, 1.807) is 18.2 Å². The summed E-state index contributed by atoms with van der Waals surface area (Å²) < 4.78 is 5.68. The quantitative estimate of drug-likeness (QED) is 0.337. The fourth-order valence-electron chi connectivity index (χ4n) is 2.00. The SMILES string of the molecule is CCCCN(CCO)CCOc1ccccc1C(=O)NN. The van der Waals surface area contributed by atoms with Crippen molar-refractivity contribution < 1.29 is 14.6 Å². The van der Waals surface area contributed by atoms with Gasteiger partial charge in [0.1, 0.15) is 12.4 Å². The lowest BCUT2D eigenvalue weighted by molar-refractivity contribution is 0.0948. The summed E-state index contributed by atoms with van der Waals surface area (Å²) in [5.74, 6) is 5.30. The minimum Gasteiger partial charge on any atom is -0.491 e. The maximum absolute atomic E-state index is 11.6. The van der Waals surface area contributed by atoms with Gasteiger partial charge in [0.2, 0.25) is 0 Å². The molecule has 1 aromatic rings. The Morgan fingerprint density at radius 1 is 1.33 bits per heavy atom. The molecule has 0 saturated carbocycles. The average molecular weight is 295 g/mol. The number of carbonyl (C=O) groups is 1. The van der Waals surface area contributed by atoms with Crippen LogP contribution in [0.2, 0.25) is 0 Å². The zero-order valence-electron chi connectivity index (χ0n) is 12.5. The van der Waals surface area contributed by atoms with Crippen molar-refractivity contribution in [1.82, 2.24) is 10.3 Å². The molecule has 21 heavy (non-hydrogen) atoms. The van der Waals surface area contributed by atoms with Gasteiger partial charge in [-0.05, 0) is 25.1 Å². The van der Waals surface area contributed by atoms with Crippen LogP contribution < -0.4 is 16.0 Å². The number of nitrogens with one attached hydrogen (secondary N) is 1. The Labute approximate surface area is 125 Å². The summed E-state index contributed by atoms with van der Waals surface area (Å²) in [6, 6.07) is 6.98. The molecule has 0 heterocycles. The number of benzene rings is 1. The number of unbranched alkanes of at least 4 members (excludes halogenated alkanes) is 1. The molecule has 0 aromatic heterocycles. The topological polar surface area (TPSA) is 87.8 Å². The molecule has 0 bridgehead atoms. The molecule has 0 aliphatic rings. The van der Waals surface area contributed by atoms with E-state index in [1.165, 1.54) is 0 Å². The fraction of sp³-hybridized carbons (Fsp3) is 0.533. The van der Waals surface area contributed by atoms with Crippen molar-refractivity contribution in [2.45, 2.75) is 19.8 Å². The highest BCUT2D eigenvalue weighted by Crippen LogP contribution is 2.17. The van der Waals surface area contributed by atoms with Crippen LogP contribution in [0.1, 0.15) is 30.1 Å². The summed E-state index contributed by atoms with van der Waals surface area (Å²) in [4.78, 5) is 13.8. The molecule has 0 radical (unpaired) electrons. The first-order chi connectivity index (χ1) is 10.2. The molecule has 0 atom stereocenters. The Morgan fingerprint density at radius 3 is 2.76 bits per heavy atom. The minimum absolute atomic E-state index is 0.135. The average Bonchev–Trinajstić information content (AvgIpc) is 2.52. The van der Waals surface area contributed by atoms with E-state index >= 15 is 0 Å². The molecular weight excluding hydrogens is 270 g/mol. The van der Waals surface area contributed by atoms with Crippen molar-refractivity contribution in [3.8, 4) is 5.75 Å². The first-order valence-electron chi connectivity index (χ1n) is 7.28. The number of nitrogens with two attached hydrogens (primary N) is 1. The molecule has 0 fully saturated rings. The summed E-state index contributed by atoms with van der Waals surface area (Å²) in [6.07, 6.45) is 2.20. The third-order valence-corrected chi connectivity index (χ3v) is 3.17. The largest absolute Gasteiger partial charge is 0.491 e. The maximum atomic E-state index is 11.6. The maximum Gasteiger partial charge on any atom is 0.268 e. The third-order valence-electron chi connectivity index (χ3n) is 3.17. The summed E-state index contributed by atoms with van der Waals surface area (Å²) in [7, 11) is 0. The van der Waals surface area contributed by atoms with Crippen LogP contribution in [0.3, 0.4) is 0 Å². The van der Waals surface area contributed by atoms with Gasteiger partial charge in [0, 0.05) is 13.1 Å². The molecule has 118 valence electrons. The summed E-state index contributed by atoms with van der Waals surface area (Å²) in [5.41, 5.74) is 2.53. The number of nitrogens with zero attached hydrogens (tertiary/aromatic N) is 1. The van der Waals surface area contributed by atoms with E-state index in [-0.39, 0.29) is 12.5 Å². The zero-order valence-corrected chi connectivity index (χ0v) is 12.5. The molecule has 0 saturated heterocycles. The summed E-state index contributed by atoms with van der Waals surface area (Å²) >= 11 is 0. The number of hydrogen-bond donors (Lipinski definition) is 3. The Bertz CT molecular complexity index is 426. The van der Waals surface area contributed by atoms with Crippen LogP contribution in [0.15, 0.2) is 24.3 Å². The lowest BCUT2D eigenvalue weighted by Crippen LogP contribution is -2.33. The van der Waals surface area contributed by atoms with E-state index in [1.807, 2.05) is 6.07 Å². The van der Waals surface area contributed by atoms with E-state index in [0.717, 1.165) is 19.4 Å². The summed E-state index contributed by atoms with van der Waals surface area (Å²) in [6.45, 7) is 5.00. The highest BCUT2D eigenvalue weighted by Gasteiger charge is 2.11. The Kier molecular flexibility index (Phi) is 8.42. The lowest BCUT2D eigenvalue weighted by atomic mass is 10.2. The molecule has 0 aliphatic heterocycles. The van der Waals surface area contributed by atoms with Gasteiger partial charge in [-0.15, -0.1) is 0 Å². The second-order valence-electron chi connectivity index (χ2n) is 4.74. The van der Waals surface area contributed by atoms with Crippen molar-refractivity contribution in [3.05, 3.63) is 29.8 Å². The molecule has 1 amide bonds. The fourth-order valence-corrected chi connectivity index (χ4v) is 2.00. The van der Waals surface area contributed by atoms with Crippen LogP contribution in [0.4, 0.5) is 0 Å². The van der Waals surface area contributed by atoms with Crippen LogP contribution in [0, 0.1) is 0 Å². The van der Waals surface area contributed by atoms with Gasteiger partial charge in [0.15, 0.2) is 0 Å². The number of nitrogen functional groups attached to an aromatic ring is 1. The number of aliphatic hydroxyl groups excluding tert-OH is 1. The van der Waals surface area contributed by atoms with E-state index in [9.17, 15) is 4.79 Å². The standard InChI is InChI=1S/C15H25N3O3/c1-2-3-8-18(9-11-19)10-12-21-14-7-5-4-6-13(14)15(20)17-16/h4-7,19H,2-3,8-12,16H2,1H3,(H,17,20). The smallest absolute Gasteiger partial charge is 0.268 e. The predicted octanol–water partition coefficient (Wildman–Crippen LogP) is 0.763. The van der Waals surface area contributed by atoms with E-state index in [2.05, 4.69) is 17.2 Å². The first-order valence-corrected chi connectivity index (χ1v) is 7.28. The van der Waals surface area contributed by atoms with Gasteiger partial charge < -0.3 is 9.84 Å². The van der Waals surface area contributed by atoms with E-state index in [4.69, 9.17) is 15.7 Å². The van der Waals surface area contributed by atoms with Crippen molar-refractivity contribution in [2.24, 2.45) is 5.84 Å². The zero-order chi connectivity index (χ0) is 15.5. The molecule has 4 N–H and O–H groups in total. The Hall–Kier alpha value is -1.63. The third kappa shape index (κ3) is 6.12. The predicted molar refractivity (Wildman–Crippen MR) is 82.0 cm³/mol. The molecule has 0 aliphatic carbocycles. The van der Waals surface area contributed by atoms with Gasteiger partial charge in [-0.25, -0.2) is 5.84 Å². The van der Waals surface area contributed by atoms with Gasteiger partial charge in [0.25, 0.3) is 5.91 Å². The van der Waals surface area contributed by atoms with Gasteiger partial charge in [-0.3, -0.25) is 15.1 Å². The molecule has 1 rings (SSSR count). The Balaban J connectivity index is 2.52. The van der Waals surface area contributed by atoms with Gasteiger partial charge in [0.05, 0.1) is 12.2 Å². The molecule has 6 heteroatoms. The van der Waals surface area contributed by atoms with Crippen molar-refractivity contribution in [1.29, 1.82) is 0 Å².